The number of allylic oxidation sites excluding steroid dienone is 1. The molecule has 156 valence electrons. The van der Waals surface area contributed by atoms with E-state index < -0.39 is 17.1 Å². The summed E-state index contributed by atoms with van der Waals surface area (Å²) >= 11 is 0. The van der Waals surface area contributed by atoms with Gasteiger partial charge in [0.05, 0.1) is 6.10 Å². The minimum atomic E-state index is -1.35. The molecular formula is C23H34O5. The minimum absolute atomic E-state index is 0.0557. The van der Waals surface area contributed by atoms with Gasteiger partial charge >= 0.3 is 5.97 Å². The average molecular weight is 391 g/mol. The van der Waals surface area contributed by atoms with Crippen LogP contribution in [0.25, 0.3) is 0 Å². The zero-order valence-corrected chi connectivity index (χ0v) is 17.5. The zero-order valence-electron chi connectivity index (χ0n) is 17.5. The maximum Gasteiger partial charge on any atom is 0.302 e. The highest BCUT2D eigenvalue weighted by atomic mass is 16.5. The Morgan fingerprint density at radius 3 is 2.57 bits per heavy atom. The molecule has 0 saturated heterocycles. The van der Waals surface area contributed by atoms with Crippen molar-refractivity contribution in [3.63, 3.8) is 0 Å². The normalized spacial score (nSPS) is 48.8. The van der Waals surface area contributed by atoms with Crippen molar-refractivity contribution in [3.8, 4) is 0 Å². The van der Waals surface area contributed by atoms with Crippen LogP contribution < -0.4 is 0 Å². The molecule has 0 aromatic heterocycles. The van der Waals surface area contributed by atoms with Gasteiger partial charge in [0.1, 0.15) is 11.7 Å². The predicted octanol–water partition coefficient (Wildman–Crippen LogP) is 3.17. The van der Waals surface area contributed by atoms with Gasteiger partial charge in [-0.05, 0) is 50.4 Å². The van der Waals surface area contributed by atoms with Gasteiger partial charge in [0.15, 0.2) is 5.78 Å². The van der Waals surface area contributed by atoms with Crippen molar-refractivity contribution in [1.82, 2.24) is 0 Å². The second-order valence-corrected chi connectivity index (χ2v) is 10.3. The first-order valence-corrected chi connectivity index (χ1v) is 10.8. The third-order valence-electron chi connectivity index (χ3n) is 9.03. The van der Waals surface area contributed by atoms with Crippen molar-refractivity contribution in [3.05, 3.63) is 11.6 Å². The molecule has 0 amide bonds. The van der Waals surface area contributed by atoms with E-state index in [1.807, 2.05) is 6.92 Å². The zero-order chi connectivity index (χ0) is 20.5. The summed E-state index contributed by atoms with van der Waals surface area (Å²) in [5, 5.41) is 22.2. The molecule has 4 rings (SSSR count). The van der Waals surface area contributed by atoms with Crippen LogP contribution in [-0.4, -0.2) is 39.8 Å². The van der Waals surface area contributed by atoms with E-state index in [0.717, 1.165) is 32.1 Å². The first-order chi connectivity index (χ1) is 13.0. The molecule has 4 aliphatic rings. The second-order valence-electron chi connectivity index (χ2n) is 10.3. The van der Waals surface area contributed by atoms with Gasteiger partial charge in [-0.15, -0.1) is 0 Å². The van der Waals surface area contributed by atoms with Crippen LogP contribution in [0.5, 0.6) is 0 Å². The number of ketones is 1. The summed E-state index contributed by atoms with van der Waals surface area (Å²) in [6.45, 7) is 7.50. The fraction of sp³-hybridized carbons (Fsp3) is 0.826. The molecule has 5 nitrogen and oxygen atoms in total. The topological polar surface area (TPSA) is 83.8 Å². The van der Waals surface area contributed by atoms with Crippen molar-refractivity contribution in [2.45, 2.75) is 90.4 Å². The number of Topliss-reactive ketones (excluding diaryl/α,β-unsaturated/α-hetero) is 1. The van der Waals surface area contributed by atoms with Crippen LogP contribution in [-0.2, 0) is 14.3 Å². The molecule has 8 atom stereocenters. The fourth-order valence-electron chi connectivity index (χ4n) is 7.48. The van der Waals surface area contributed by atoms with E-state index in [9.17, 15) is 19.8 Å². The summed E-state index contributed by atoms with van der Waals surface area (Å²) in [5.41, 5.74) is -0.637. The maximum atomic E-state index is 13.1. The third kappa shape index (κ3) is 2.51. The number of aliphatic hydroxyl groups excluding tert-OH is 1. The Bertz CT molecular complexity index is 727. The average Bonchev–Trinajstić information content (AvgIpc) is 2.83. The van der Waals surface area contributed by atoms with Gasteiger partial charge in [-0.25, -0.2) is 0 Å². The summed E-state index contributed by atoms with van der Waals surface area (Å²) in [6, 6.07) is 0. The Kier molecular flexibility index (Phi) is 4.59. The molecule has 0 bridgehead atoms. The summed E-state index contributed by atoms with van der Waals surface area (Å²) in [7, 11) is 0. The quantitative estimate of drug-likeness (QED) is 0.559. The van der Waals surface area contributed by atoms with Crippen molar-refractivity contribution in [1.29, 1.82) is 0 Å². The van der Waals surface area contributed by atoms with Crippen LogP contribution in [0.2, 0.25) is 0 Å². The third-order valence-corrected chi connectivity index (χ3v) is 9.03. The van der Waals surface area contributed by atoms with Crippen molar-refractivity contribution in [2.24, 2.45) is 28.6 Å². The lowest BCUT2D eigenvalue weighted by atomic mass is 9.45. The number of ether oxygens (including phenoxy) is 1. The Morgan fingerprint density at radius 1 is 1.21 bits per heavy atom. The summed E-state index contributed by atoms with van der Waals surface area (Å²) in [4.78, 5) is 24.5. The van der Waals surface area contributed by atoms with Crippen molar-refractivity contribution < 1.29 is 24.5 Å². The minimum Gasteiger partial charge on any atom is -0.462 e. The molecule has 3 saturated carbocycles. The van der Waals surface area contributed by atoms with E-state index in [1.54, 1.807) is 6.92 Å². The Morgan fingerprint density at radius 2 is 1.93 bits per heavy atom. The first kappa shape index (κ1) is 20.1. The highest BCUT2D eigenvalue weighted by molar-refractivity contribution is 5.92. The molecule has 0 aromatic carbocycles. The van der Waals surface area contributed by atoms with E-state index in [2.05, 4.69) is 13.0 Å². The van der Waals surface area contributed by atoms with E-state index in [1.165, 1.54) is 12.5 Å². The van der Waals surface area contributed by atoms with Crippen LogP contribution in [0.3, 0.4) is 0 Å². The Hall–Kier alpha value is -1.20. The summed E-state index contributed by atoms with van der Waals surface area (Å²) in [6.07, 6.45) is 6.76. The number of aliphatic hydroxyl groups is 2. The number of esters is 1. The SMILES string of the molecule is CC(=O)OC1CCC2(C)C(=CCC3C2CCC2(C)C(C(C)O)CC(=O)C32O)C1. The van der Waals surface area contributed by atoms with Crippen molar-refractivity contribution >= 4 is 11.8 Å². The molecule has 0 heterocycles. The van der Waals surface area contributed by atoms with Gasteiger partial charge in [-0.3, -0.25) is 9.59 Å². The van der Waals surface area contributed by atoms with E-state index in [4.69, 9.17) is 4.74 Å². The fourth-order valence-corrected chi connectivity index (χ4v) is 7.48. The van der Waals surface area contributed by atoms with E-state index in [0.29, 0.717) is 6.42 Å². The Balaban J connectivity index is 1.68. The molecule has 0 aromatic rings. The number of rotatable bonds is 2. The standard InChI is InChI=1S/C23H34O5/c1-13(24)19-12-20(26)23(27)18-6-5-15-11-16(28-14(2)25)7-9-21(15,3)17(18)8-10-22(19,23)4/h5,13,16-19,24,27H,6-12H2,1-4H3. The Labute approximate surface area is 167 Å². The molecule has 0 radical (unpaired) electrons. The van der Waals surface area contributed by atoms with E-state index in [-0.39, 0.29) is 47.4 Å². The van der Waals surface area contributed by atoms with Gasteiger partial charge in [-0.2, -0.15) is 0 Å². The molecule has 4 aliphatic carbocycles. The predicted molar refractivity (Wildman–Crippen MR) is 104 cm³/mol. The number of fused-ring (bicyclic) bond motifs is 5. The lowest BCUT2D eigenvalue weighted by Gasteiger charge is -2.60. The lowest BCUT2D eigenvalue weighted by molar-refractivity contribution is -0.190. The first-order valence-electron chi connectivity index (χ1n) is 10.8. The van der Waals surface area contributed by atoms with Gasteiger partial charge in [-0.1, -0.05) is 25.5 Å². The monoisotopic (exact) mass is 390 g/mol. The molecule has 3 fully saturated rings. The molecule has 8 unspecified atom stereocenters. The van der Waals surface area contributed by atoms with Gasteiger partial charge in [0, 0.05) is 37.0 Å². The highest BCUT2D eigenvalue weighted by Gasteiger charge is 2.70. The highest BCUT2D eigenvalue weighted by Crippen LogP contribution is 2.67. The number of carbonyl (C=O) groups excluding carboxylic acids is 2. The van der Waals surface area contributed by atoms with Gasteiger partial charge in [0.25, 0.3) is 0 Å². The van der Waals surface area contributed by atoms with Crippen LogP contribution >= 0.6 is 0 Å². The van der Waals surface area contributed by atoms with Gasteiger partial charge in [0.2, 0.25) is 0 Å². The molecule has 2 N–H and O–H groups in total. The largest absolute Gasteiger partial charge is 0.462 e. The molecule has 5 heteroatoms. The maximum absolute atomic E-state index is 13.1. The summed E-state index contributed by atoms with van der Waals surface area (Å²) < 4.78 is 5.47. The summed E-state index contributed by atoms with van der Waals surface area (Å²) in [5.74, 6) is -0.332. The van der Waals surface area contributed by atoms with Crippen molar-refractivity contribution in [2.75, 3.05) is 0 Å². The molecule has 0 spiro atoms. The van der Waals surface area contributed by atoms with Crippen LogP contribution in [0, 0.1) is 28.6 Å². The number of carbonyl (C=O) groups is 2. The lowest BCUT2D eigenvalue weighted by Crippen LogP contribution is -2.63. The molecule has 28 heavy (non-hydrogen) atoms. The van der Waals surface area contributed by atoms with E-state index >= 15 is 0 Å². The van der Waals surface area contributed by atoms with Crippen LogP contribution in [0.4, 0.5) is 0 Å². The molecular weight excluding hydrogens is 356 g/mol. The smallest absolute Gasteiger partial charge is 0.302 e. The van der Waals surface area contributed by atoms with Crippen LogP contribution in [0.15, 0.2) is 11.6 Å². The number of hydrogen-bond acceptors (Lipinski definition) is 5. The van der Waals surface area contributed by atoms with Crippen LogP contribution in [0.1, 0.15) is 72.6 Å². The molecule has 0 aliphatic heterocycles. The number of hydrogen-bond donors (Lipinski definition) is 2. The second kappa shape index (κ2) is 6.40. The van der Waals surface area contributed by atoms with Gasteiger partial charge < -0.3 is 14.9 Å².